The number of hydrogen-bond donors (Lipinski definition) is 1. The number of rotatable bonds is 5. The van der Waals surface area contributed by atoms with E-state index in [1.54, 1.807) is 0 Å². The highest BCUT2D eigenvalue weighted by atomic mass is 79.9. The zero-order valence-electron chi connectivity index (χ0n) is 13.5. The van der Waals surface area contributed by atoms with Crippen molar-refractivity contribution in [2.45, 2.75) is 21.9 Å². The minimum Gasteiger partial charge on any atom is -0.503 e. The van der Waals surface area contributed by atoms with E-state index in [2.05, 4.69) is 20.7 Å². The van der Waals surface area contributed by atoms with E-state index in [0.717, 1.165) is 24.5 Å². The van der Waals surface area contributed by atoms with Crippen LogP contribution in [0.15, 0.2) is 50.7 Å². The highest BCUT2D eigenvalue weighted by Gasteiger charge is 2.34. The number of hydrogen-bond acceptors (Lipinski definition) is 6. The molecule has 12 heteroatoms. The Balaban J connectivity index is 2.49. The molecule has 2 aromatic carbocycles. The molecule has 0 aromatic heterocycles. The molecule has 6 nitrogen and oxygen atoms in total. The molecule has 148 valence electrons. The fraction of sp³-hybridized carbons (Fsp3) is 0.200. The third kappa shape index (κ3) is 5.59. The summed E-state index contributed by atoms with van der Waals surface area (Å²) in [6, 6.07) is 6.78. The summed E-state index contributed by atoms with van der Waals surface area (Å²) in [7, 11) is -7.91. The summed E-state index contributed by atoms with van der Waals surface area (Å²) in [5.41, 5.74) is 0.0793. The average molecular weight is 489 g/mol. The van der Waals surface area contributed by atoms with Crippen LogP contribution in [-0.4, -0.2) is 34.6 Å². The van der Waals surface area contributed by atoms with Gasteiger partial charge >= 0.3 is 6.36 Å². The minimum atomic E-state index is -5.14. The van der Waals surface area contributed by atoms with E-state index in [1.807, 2.05) is 0 Å². The molecule has 1 N–H and O–H groups in total. The Morgan fingerprint density at radius 2 is 1.74 bits per heavy atom. The molecule has 0 bridgehead atoms. The van der Waals surface area contributed by atoms with E-state index in [4.69, 9.17) is 0 Å². The summed E-state index contributed by atoms with van der Waals surface area (Å²) in [5, 5.41) is 9.95. The Morgan fingerprint density at radius 3 is 2.30 bits per heavy atom. The molecule has 0 heterocycles. The molecule has 0 aliphatic rings. The van der Waals surface area contributed by atoms with Crippen LogP contribution in [0.25, 0.3) is 0 Å². The third-order valence-corrected chi connectivity index (χ3v) is 6.51. The molecule has 0 aliphatic heterocycles. The number of ether oxygens (including phenoxy) is 1. The van der Waals surface area contributed by atoms with Crippen molar-refractivity contribution >= 4 is 35.6 Å². The lowest BCUT2D eigenvalue weighted by molar-refractivity contribution is -0.275. The quantitative estimate of drug-likeness (QED) is 0.692. The van der Waals surface area contributed by atoms with Gasteiger partial charge in [0.15, 0.2) is 31.2 Å². The summed E-state index contributed by atoms with van der Waals surface area (Å²) in [4.78, 5) is -0.907. The van der Waals surface area contributed by atoms with Crippen molar-refractivity contribution in [3.05, 3.63) is 46.4 Å². The highest BCUT2D eigenvalue weighted by molar-refractivity contribution is 9.10. The van der Waals surface area contributed by atoms with Crippen molar-refractivity contribution < 1.29 is 39.9 Å². The third-order valence-electron chi connectivity index (χ3n) is 3.25. The first-order chi connectivity index (χ1) is 12.2. The molecule has 27 heavy (non-hydrogen) atoms. The topological polar surface area (TPSA) is 97.7 Å². The Hall–Kier alpha value is -1.79. The van der Waals surface area contributed by atoms with Gasteiger partial charge < -0.3 is 9.84 Å². The number of sulfone groups is 2. The maximum Gasteiger partial charge on any atom is 0.573 e. The van der Waals surface area contributed by atoms with Gasteiger partial charge in [0.1, 0.15) is 4.90 Å². The van der Waals surface area contributed by atoms with Crippen molar-refractivity contribution in [3.8, 4) is 11.5 Å². The maximum atomic E-state index is 12.6. The van der Waals surface area contributed by atoms with Crippen LogP contribution < -0.4 is 4.74 Å². The van der Waals surface area contributed by atoms with Gasteiger partial charge in [-0.15, -0.1) is 13.2 Å². The number of phenols is 1. The van der Waals surface area contributed by atoms with E-state index in [9.17, 15) is 35.1 Å². The lowest BCUT2D eigenvalue weighted by Crippen LogP contribution is -2.17. The lowest BCUT2D eigenvalue weighted by atomic mass is 10.2. The van der Waals surface area contributed by atoms with E-state index < -0.39 is 48.2 Å². The van der Waals surface area contributed by atoms with Gasteiger partial charge in [-0.3, -0.25) is 0 Å². The van der Waals surface area contributed by atoms with E-state index in [1.165, 1.54) is 18.2 Å². The van der Waals surface area contributed by atoms with Crippen molar-refractivity contribution in [2.75, 3.05) is 6.26 Å². The van der Waals surface area contributed by atoms with Crippen molar-refractivity contribution in [2.24, 2.45) is 0 Å². The van der Waals surface area contributed by atoms with Gasteiger partial charge in [0.2, 0.25) is 0 Å². The van der Waals surface area contributed by atoms with Crippen molar-refractivity contribution in [3.63, 3.8) is 0 Å². The molecular weight excluding hydrogens is 477 g/mol. The predicted molar refractivity (Wildman–Crippen MR) is 92.9 cm³/mol. The largest absolute Gasteiger partial charge is 0.573 e. The molecule has 2 aromatic rings. The lowest BCUT2D eigenvalue weighted by Gasteiger charge is -2.14. The minimum absolute atomic E-state index is 0.0667. The number of halogens is 4. The van der Waals surface area contributed by atoms with Crippen LogP contribution in [0.5, 0.6) is 11.5 Å². The van der Waals surface area contributed by atoms with Gasteiger partial charge in [-0.1, -0.05) is 28.1 Å². The summed E-state index contributed by atoms with van der Waals surface area (Å²) in [6.07, 6.45) is -4.19. The van der Waals surface area contributed by atoms with E-state index >= 15 is 0 Å². The van der Waals surface area contributed by atoms with Gasteiger partial charge in [-0.2, -0.15) is 0 Å². The van der Waals surface area contributed by atoms with Gasteiger partial charge in [0, 0.05) is 10.7 Å². The maximum absolute atomic E-state index is 12.6. The number of benzene rings is 2. The predicted octanol–water partition coefficient (Wildman–Crippen LogP) is 3.43. The smallest absolute Gasteiger partial charge is 0.503 e. The number of alkyl halides is 3. The average Bonchev–Trinajstić information content (AvgIpc) is 2.48. The fourth-order valence-electron chi connectivity index (χ4n) is 2.15. The summed E-state index contributed by atoms with van der Waals surface area (Å²) < 4.78 is 89.2. The summed E-state index contributed by atoms with van der Waals surface area (Å²) >= 11 is 2.87. The van der Waals surface area contributed by atoms with Crippen LogP contribution in [-0.2, 0) is 25.4 Å². The molecule has 0 unspecified atom stereocenters. The molecule has 0 fully saturated rings. The number of aromatic hydroxyl groups is 1. The zero-order chi connectivity index (χ0) is 20.6. The Morgan fingerprint density at radius 1 is 1.11 bits per heavy atom. The molecule has 0 saturated carbocycles. The SMILES string of the molecule is CS(=O)(=O)c1cccc(CS(=O)(=O)c2cc(Br)cc(OC(F)(F)F)c2O)c1. The molecule has 0 atom stereocenters. The zero-order valence-corrected chi connectivity index (χ0v) is 16.7. The normalized spacial score (nSPS) is 12.8. The van der Waals surface area contributed by atoms with Crippen LogP contribution in [0.4, 0.5) is 13.2 Å². The highest BCUT2D eigenvalue weighted by Crippen LogP contribution is 2.40. The molecule has 2 rings (SSSR count). The van der Waals surface area contributed by atoms with Crippen LogP contribution in [0.2, 0.25) is 0 Å². The fourth-order valence-corrected chi connectivity index (χ4v) is 4.91. The monoisotopic (exact) mass is 488 g/mol. The Labute approximate surface area is 161 Å². The van der Waals surface area contributed by atoms with E-state index in [0.29, 0.717) is 0 Å². The standard InChI is InChI=1S/C15H12BrF3O6S2/c1-26(21,22)11-4-2-3-9(5-11)8-27(23,24)13-7-10(16)6-12(14(13)20)25-15(17,18)19/h2-7,20H,8H2,1H3. The van der Waals surface area contributed by atoms with Gasteiger partial charge in [-0.05, 0) is 29.8 Å². The van der Waals surface area contributed by atoms with Gasteiger partial charge in [-0.25, -0.2) is 16.8 Å². The Kier molecular flexibility index (Phi) is 5.83. The van der Waals surface area contributed by atoms with Crippen LogP contribution in [0.3, 0.4) is 0 Å². The van der Waals surface area contributed by atoms with Gasteiger partial charge in [0.25, 0.3) is 0 Å². The van der Waals surface area contributed by atoms with E-state index in [-0.39, 0.29) is 14.9 Å². The van der Waals surface area contributed by atoms with Crippen LogP contribution >= 0.6 is 15.9 Å². The first-order valence-corrected chi connectivity index (χ1v) is 11.3. The molecule has 0 saturated heterocycles. The van der Waals surface area contributed by atoms with Crippen LogP contribution in [0.1, 0.15) is 5.56 Å². The van der Waals surface area contributed by atoms with Gasteiger partial charge in [0.05, 0.1) is 10.6 Å². The first-order valence-electron chi connectivity index (χ1n) is 6.99. The molecule has 0 spiro atoms. The summed E-state index contributed by atoms with van der Waals surface area (Å²) in [6.45, 7) is 0. The second kappa shape index (κ2) is 7.32. The van der Waals surface area contributed by atoms with Crippen molar-refractivity contribution in [1.29, 1.82) is 0 Å². The second-order valence-electron chi connectivity index (χ2n) is 5.48. The Bertz CT molecular complexity index is 1080. The molecule has 0 amide bonds. The molecule has 0 radical (unpaired) electrons. The van der Waals surface area contributed by atoms with Crippen LogP contribution in [0, 0.1) is 0 Å². The molecular formula is C15H12BrF3O6S2. The van der Waals surface area contributed by atoms with Crippen molar-refractivity contribution in [1.82, 2.24) is 0 Å². The second-order valence-corrected chi connectivity index (χ2v) is 10.4. The summed E-state index contributed by atoms with van der Waals surface area (Å²) in [5.74, 6) is -3.03. The first kappa shape index (κ1) is 21.5. The molecule has 0 aliphatic carbocycles. The number of phenolic OH excluding ortho intramolecular Hbond substituents is 1.